The van der Waals surface area contributed by atoms with E-state index >= 15 is 0 Å². The van der Waals surface area contributed by atoms with Crippen molar-refractivity contribution >= 4 is 17.3 Å². The van der Waals surface area contributed by atoms with Crippen LogP contribution in [0.1, 0.15) is 6.92 Å². The molecule has 0 radical (unpaired) electrons. The van der Waals surface area contributed by atoms with E-state index in [1.165, 1.54) is 19.1 Å². The summed E-state index contributed by atoms with van der Waals surface area (Å²) in [6.07, 6.45) is 0. The van der Waals surface area contributed by atoms with Crippen LogP contribution in [0.2, 0.25) is 0 Å². The fraction of sp³-hybridized carbons (Fsp3) is 0.300. The van der Waals surface area contributed by atoms with Crippen LogP contribution in [0.5, 0.6) is 0 Å². The SMILES string of the molecule is CC(=O)OCCNc1ccc([N+](=O)[O-])cc1. The molecule has 6 nitrogen and oxygen atoms in total. The van der Waals surface area contributed by atoms with E-state index in [4.69, 9.17) is 4.74 Å². The minimum absolute atomic E-state index is 0.0468. The molecule has 0 spiro atoms. The minimum Gasteiger partial charge on any atom is -0.464 e. The van der Waals surface area contributed by atoms with Crippen molar-refractivity contribution in [1.29, 1.82) is 0 Å². The Morgan fingerprint density at radius 3 is 2.56 bits per heavy atom. The lowest BCUT2D eigenvalue weighted by Crippen LogP contribution is -2.11. The van der Waals surface area contributed by atoms with E-state index in [1.54, 1.807) is 12.1 Å². The van der Waals surface area contributed by atoms with Crippen LogP contribution < -0.4 is 5.32 Å². The zero-order chi connectivity index (χ0) is 12.0. The molecule has 1 rings (SSSR count). The molecule has 6 heteroatoms. The molecule has 86 valence electrons. The van der Waals surface area contributed by atoms with Crippen LogP contribution in [0.4, 0.5) is 11.4 Å². The predicted molar refractivity (Wildman–Crippen MR) is 58.2 cm³/mol. The molecule has 1 N–H and O–H groups in total. The molecule has 0 saturated heterocycles. The summed E-state index contributed by atoms with van der Waals surface area (Å²) in [7, 11) is 0. The first-order valence-electron chi connectivity index (χ1n) is 4.71. The second-order valence-electron chi connectivity index (χ2n) is 3.07. The molecule has 0 amide bonds. The Morgan fingerprint density at radius 1 is 1.44 bits per heavy atom. The number of nitro groups is 1. The average molecular weight is 224 g/mol. The van der Waals surface area contributed by atoms with Crippen molar-refractivity contribution in [2.75, 3.05) is 18.5 Å². The lowest BCUT2D eigenvalue weighted by molar-refractivity contribution is -0.384. The number of non-ortho nitro benzene ring substituents is 1. The quantitative estimate of drug-likeness (QED) is 0.355. The number of carbonyl (C=O) groups excluding carboxylic acids is 1. The highest BCUT2D eigenvalue weighted by atomic mass is 16.6. The van der Waals surface area contributed by atoms with Crippen LogP contribution in [0, 0.1) is 10.1 Å². The molecule has 0 aliphatic rings. The molecule has 1 aromatic carbocycles. The lowest BCUT2D eigenvalue weighted by atomic mass is 10.3. The van der Waals surface area contributed by atoms with E-state index in [9.17, 15) is 14.9 Å². The largest absolute Gasteiger partial charge is 0.464 e. The molecule has 0 atom stereocenters. The van der Waals surface area contributed by atoms with Crippen LogP contribution in [0.25, 0.3) is 0 Å². The fourth-order valence-electron chi connectivity index (χ4n) is 1.09. The monoisotopic (exact) mass is 224 g/mol. The summed E-state index contributed by atoms with van der Waals surface area (Å²) in [5.41, 5.74) is 0.795. The number of nitrogens with zero attached hydrogens (tertiary/aromatic N) is 1. The van der Waals surface area contributed by atoms with Gasteiger partial charge >= 0.3 is 5.97 Å². The van der Waals surface area contributed by atoms with Gasteiger partial charge in [-0.2, -0.15) is 0 Å². The molecular formula is C10H12N2O4. The summed E-state index contributed by atoms with van der Waals surface area (Å²) in [4.78, 5) is 20.4. The number of ether oxygens (including phenoxy) is 1. The smallest absolute Gasteiger partial charge is 0.302 e. The molecule has 0 bridgehead atoms. The van der Waals surface area contributed by atoms with Crippen molar-refractivity contribution in [1.82, 2.24) is 0 Å². The molecule has 0 aliphatic carbocycles. The molecule has 0 aliphatic heterocycles. The number of nitro benzene ring substituents is 1. The third kappa shape index (κ3) is 3.95. The number of esters is 1. The third-order valence-electron chi connectivity index (χ3n) is 1.81. The summed E-state index contributed by atoms with van der Waals surface area (Å²) >= 11 is 0. The number of hydrogen-bond acceptors (Lipinski definition) is 5. The molecule has 0 saturated carbocycles. The van der Waals surface area contributed by atoms with Crippen molar-refractivity contribution in [3.8, 4) is 0 Å². The highest BCUT2D eigenvalue weighted by Gasteiger charge is 2.03. The Hall–Kier alpha value is -2.11. The van der Waals surface area contributed by atoms with Gasteiger partial charge in [0.2, 0.25) is 0 Å². The van der Waals surface area contributed by atoms with Gasteiger partial charge in [-0.25, -0.2) is 0 Å². The van der Waals surface area contributed by atoms with Gasteiger partial charge in [0.15, 0.2) is 0 Å². The third-order valence-corrected chi connectivity index (χ3v) is 1.81. The van der Waals surface area contributed by atoms with Crippen molar-refractivity contribution in [3.05, 3.63) is 34.4 Å². The van der Waals surface area contributed by atoms with Gasteiger partial charge < -0.3 is 10.1 Å². The Morgan fingerprint density at radius 2 is 2.06 bits per heavy atom. The van der Waals surface area contributed by atoms with E-state index in [0.29, 0.717) is 6.54 Å². The normalized spacial score (nSPS) is 9.56. The second kappa shape index (κ2) is 5.69. The molecule has 0 aromatic heterocycles. The summed E-state index contributed by atoms with van der Waals surface area (Å²) in [5.74, 6) is -0.328. The van der Waals surface area contributed by atoms with E-state index in [0.717, 1.165) is 5.69 Å². The molecule has 0 fully saturated rings. The van der Waals surface area contributed by atoms with Gasteiger partial charge in [0.25, 0.3) is 5.69 Å². The molecular weight excluding hydrogens is 212 g/mol. The van der Waals surface area contributed by atoms with Gasteiger partial charge in [0.05, 0.1) is 4.92 Å². The number of nitrogens with one attached hydrogen (secondary N) is 1. The number of rotatable bonds is 5. The van der Waals surface area contributed by atoms with Crippen LogP contribution >= 0.6 is 0 Å². The Kier molecular flexibility index (Phi) is 4.26. The van der Waals surface area contributed by atoms with Gasteiger partial charge in [-0.3, -0.25) is 14.9 Å². The summed E-state index contributed by atoms with van der Waals surface area (Å²) in [6.45, 7) is 2.08. The first-order chi connectivity index (χ1) is 7.59. The van der Waals surface area contributed by atoms with Crippen LogP contribution in [0.3, 0.4) is 0 Å². The maximum absolute atomic E-state index is 10.4. The lowest BCUT2D eigenvalue weighted by Gasteiger charge is -2.05. The molecule has 0 unspecified atom stereocenters. The fourth-order valence-corrected chi connectivity index (χ4v) is 1.09. The maximum atomic E-state index is 10.4. The molecule has 0 heterocycles. The first kappa shape index (κ1) is 12.0. The maximum Gasteiger partial charge on any atom is 0.302 e. The Labute approximate surface area is 92.4 Å². The van der Waals surface area contributed by atoms with Gasteiger partial charge in [0.1, 0.15) is 6.61 Å². The second-order valence-corrected chi connectivity index (χ2v) is 3.07. The topological polar surface area (TPSA) is 81.5 Å². The Balaban J connectivity index is 2.38. The number of carbonyl (C=O) groups is 1. The number of anilines is 1. The summed E-state index contributed by atoms with van der Waals surface area (Å²) < 4.78 is 4.72. The van der Waals surface area contributed by atoms with Crippen molar-refractivity contribution in [2.45, 2.75) is 6.92 Å². The highest BCUT2D eigenvalue weighted by Crippen LogP contribution is 2.14. The van der Waals surface area contributed by atoms with E-state index in [2.05, 4.69) is 5.32 Å². The average Bonchev–Trinajstić information content (AvgIpc) is 2.25. The van der Waals surface area contributed by atoms with Gasteiger partial charge in [-0.15, -0.1) is 0 Å². The highest BCUT2D eigenvalue weighted by molar-refractivity contribution is 5.65. The van der Waals surface area contributed by atoms with Gasteiger partial charge in [0, 0.05) is 31.3 Å². The van der Waals surface area contributed by atoms with E-state index in [-0.39, 0.29) is 18.3 Å². The van der Waals surface area contributed by atoms with Crippen molar-refractivity contribution < 1.29 is 14.5 Å². The predicted octanol–water partition coefficient (Wildman–Crippen LogP) is 1.57. The molecule has 16 heavy (non-hydrogen) atoms. The van der Waals surface area contributed by atoms with Crippen molar-refractivity contribution in [3.63, 3.8) is 0 Å². The standard InChI is InChI=1S/C10H12N2O4/c1-8(13)16-7-6-11-9-2-4-10(5-3-9)12(14)15/h2-5,11H,6-7H2,1H3. The summed E-state index contributed by atoms with van der Waals surface area (Å²) in [5, 5.41) is 13.3. The number of benzene rings is 1. The van der Waals surface area contributed by atoms with Gasteiger partial charge in [-0.1, -0.05) is 0 Å². The van der Waals surface area contributed by atoms with Gasteiger partial charge in [-0.05, 0) is 12.1 Å². The zero-order valence-corrected chi connectivity index (χ0v) is 8.80. The minimum atomic E-state index is -0.456. The van der Waals surface area contributed by atoms with Crippen molar-refractivity contribution in [2.24, 2.45) is 0 Å². The Bertz CT molecular complexity index is 375. The van der Waals surface area contributed by atoms with Crippen LogP contribution in [-0.4, -0.2) is 24.0 Å². The van der Waals surface area contributed by atoms with Crippen LogP contribution in [0.15, 0.2) is 24.3 Å². The van der Waals surface area contributed by atoms with E-state index < -0.39 is 4.92 Å². The van der Waals surface area contributed by atoms with E-state index in [1.807, 2.05) is 0 Å². The summed E-state index contributed by atoms with van der Waals surface area (Å²) in [6, 6.07) is 6.03. The first-order valence-corrected chi connectivity index (χ1v) is 4.71. The number of hydrogen-bond donors (Lipinski definition) is 1. The molecule has 1 aromatic rings. The van der Waals surface area contributed by atoms with Crippen LogP contribution in [-0.2, 0) is 9.53 Å². The zero-order valence-electron chi connectivity index (χ0n) is 8.80.